The summed E-state index contributed by atoms with van der Waals surface area (Å²) in [5.74, 6) is -1.50. The first-order chi connectivity index (χ1) is 20.7. The molecule has 5 rings (SSSR count). The minimum atomic E-state index is -5.02. The van der Waals surface area contributed by atoms with Crippen LogP contribution in [0.2, 0.25) is 0 Å². The van der Waals surface area contributed by atoms with Crippen molar-refractivity contribution < 1.29 is 45.0 Å². The SMILES string of the molecule is COc1ccc(-c2ccccc2C)cc1-c1ccc(F)cc1CN1C(=O)O[C@H](C2C=C(C(F)(F)F)C=C(C(F)(F)F)C2)[C@@H]1C. The van der Waals surface area contributed by atoms with Gasteiger partial charge < -0.3 is 9.47 Å². The quantitative estimate of drug-likeness (QED) is 0.258. The fraction of sp³-hybridized carbons (Fsp3) is 0.303. The van der Waals surface area contributed by atoms with Crippen LogP contribution >= 0.6 is 0 Å². The van der Waals surface area contributed by atoms with E-state index in [1.54, 1.807) is 6.07 Å². The Morgan fingerprint density at radius 3 is 2.32 bits per heavy atom. The minimum Gasteiger partial charge on any atom is -0.496 e. The van der Waals surface area contributed by atoms with Crippen molar-refractivity contribution in [3.63, 3.8) is 0 Å². The molecule has 3 aromatic rings. The second kappa shape index (κ2) is 11.7. The van der Waals surface area contributed by atoms with E-state index in [-0.39, 0.29) is 12.6 Å². The van der Waals surface area contributed by atoms with Gasteiger partial charge >= 0.3 is 18.4 Å². The Balaban J connectivity index is 1.49. The van der Waals surface area contributed by atoms with Gasteiger partial charge in [-0.25, -0.2) is 9.18 Å². The number of rotatable bonds is 6. The molecule has 0 saturated carbocycles. The fourth-order valence-corrected chi connectivity index (χ4v) is 5.83. The number of alkyl halides is 6. The summed E-state index contributed by atoms with van der Waals surface area (Å²) in [5.41, 5.74) is 1.53. The van der Waals surface area contributed by atoms with Crippen LogP contribution in [0.15, 0.2) is 84.0 Å². The molecule has 232 valence electrons. The zero-order valence-electron chi connectivity index (χ0n) is 23.9. The molecule has 0 N–H and O–H groups in total. The number of ether oxygens (including phenoxy) is 2. The van der Waals surface area contributed by atoms with Crippen molar-refractivity contribution in [3.05, 3.63) is 101 Å². The summed E-state index contributed by atoms with van der Waals surface area (Å²) >= 11 is 0. The maximum Gasteiger partial charge on any atom is 0.416 e. The molecule has 4 nitrogen and oxygen atoms in total. The van der Waals surface area contributed by atoms with Gasteiger partial charge in [0.2, 0.25) is 0 Å². The third kappa shape index (κ3) is 6.18. The number of hydrogen-bond acceptors (Lipinski definition) is 3. The average Bonchev–Trinajstić information content (AvgIpc) is 3.24. The molecule has 0 spiro atoms. The van der Waals surface area contributed by atoms with Crippen molar-refractivity contribution in [2.75, 3.05) is 7.11 Å². The number of benzene rings is 3. The second-order valence-electron chi connectivity index (χ2n) is 10.9. The van der Waals surface area contributed by atoms with Crippen molar-refractivity contribution in [2.45, 2.75) is 51.3 Å². The molecule has 0 radical (unpaired) electrons. The first-order valence-corrected chi connectivity index (χ1v) is 13.7. The first-order valence-electron chi connectivity index (χ1n) is 13.7. The molecule has 0 aromatic heterocycles. The van der Waals surface area contributed by atoms with Gasteiger partial charge in [0.25, 0.3) is 0 Å². The minimum absolute atomic E-state index is 0.0904. The zero-order chi connectivity index (χ0) is 32.0. The molecule has 1 saturated heterocycles. The average molecular weight is 620 g/mol. The van der Waals surface area contributed by atoms with Gasteiger partial charge in [0.15, 0.2) is 0 Å². The standard InChI is InChI=1S/C33H28F7NO3/c1-18-6-4-5-7-26(18)20-8-11-29(43-3)28(15-20)27-10-9-25(34)14-22(27)17-41-19(2)30(44-31(41)42)21-12-23(32(35,36)37)16-24(13-21)33(38,39)40/h4-12,14-16,19,21,30H,13,17H2,1-3H3/t19-,21?,30-/m0/s1. The molecule has 1 aliphatic carbocycles. The molecule has 1 unspecified atom stereocenters. The van der Waals surface area contributed by atoms with Gasteiger partial charge in [0.05, 0.1) is 25.3 Å². The predicted molar refractivity (Wildman–Crippen MR) is 150 cm³/mol. The molecule has 3 aromatic carbocycles. The lowest BCUT2D eigenvalue weighted by molar-refractivity contribution is -0.101. The van der Waals surface area contributed by atoms with Crippen molar-refractivity contribution in [3.8, 4) is 28.0 Å². The van der Waals surface area contributed by atoms with E-state index in [9.17, 15) is 35.5 Å². The number of halogens is 7. The zero-order valence-corrected chi connectivity index (χ0v) is 23.9. The third-order valence-electron chi connectivity index (χ3n) is 8.08. The Morgan fingerprint density at radius 2 is 1.66 bits per heavy atom. The predicted octanol–water partition coefficient (Wildman–Crippen LogP) is 9.18. The fourth-order valence-electron chi connectivity index (χ4n) is 5.83. The molecule has 0 bridgehead atoms. The van der Waals surface area contributed by atoms with Crippen LogP contribution in [0.1, 0.15) is 24.5 Å². The smallest absolute Gasteiger partial charge is 0.416 e. The number of allylic oxidation sites excluding steroid dienone is 3. The normalized spacial score (nSPS) is 20.7. The Kier molecular flexibility index (Phi) is 8.26. The molecule has 1 fully saturated rings. The van der Waals surface area contributed by atoms with Crippen molar-refractivity contribution in [2.24, 2.45) is 5.92 Å². The van der Waals surface area contributed by atoms with Gasteiger partial charge in [-0.05, 0) is 78.4 Å². The van der Waals surface area contributed by atoms with Crippen molar-refractivity contribution in [1.29, 1.82) is 0 Å². The van der Waals surface area contributed by atoms with Gasteiger partial charge in [-0.15, -0.1) is 0 Å². The highest BCUT2D eigenvalue weighted by atomic mass is 19.4. The van der Waals surface area contributed by atoms with E-state index in [2.05, 4.69) is 0 Å². The Hall–Kier alpha value is -4.28. The van der Waals surface area contributed by atoms with Crippen LogP contribution in [0.4, 0.5) is 35.5 Å². The summed E-state index contributed by atoms with van der Waals surface area (Å²) in [5, 5.41) is 0. The van der Waals surface area contributed by atoms with E-state index in [0.717, 1.165) is 16.7 Å². The molecule has 44 heavy (non-hydrogen) atoms. The lowest BCUT2D eigenvalue weighted by Crippen LogP contribution is -2.38. The summed E-state index contributed by atoms with van der Waals surface area (Å²) in [4.78, 5) is 14.2. The number of hydrogen-bond donors (Lipinski definition) is 0. The highest BCUT2D eigenvalue weighted by Crippen LogP contribution is 2.44. The number of aryl methyl sites for hydroxylation is 1. The molecule has 1 aliphatic heterocycles. The lowest BCUT2D eigenvalue weighted by Gasteiger charge is -2.30. The first kappa shape index (κ1) is 31.2. The Morgan fingerprint density at radius 1 is 0.932 bits per heavy atom. The van der Waals surface area contributed by atoms with E-state index in [0.29, 0.717) is 28.5 Å². The molecule has 11 heteroatoms. The van der Waals surface area contributed by atoms with E-state index in [1.807, 2.05) is 43.3 Å². The number of carbonyl (C=O) groups is 1. The number of amides is 1. The van der Waals surface area contributed by atoms with E-state index in [4.69, 9.17) is 9.47 Å². The van der Waals surface area contributed by atoms with Crippen LogP contribution < -0.4 is 4.74 Å². The highest BCUT2D eigenvalue weighted by molar-refractivity contribution is 5.81. The van der Waals surface area contributed by atoms with Gasteiger partial charge in [-0.1, -0.05) is 42.5 Å². The monoisotopic (exact) mass is 619 g/mol. The number of carbonyl (C=O) groups excluding carboxylic acids is 1. The lowest BCUT2D eigenvalue weighted by atomic mass is 9.83. The topological polar surface area (TPSA) is 38.8 Å². The van der Waals surface area contributed by atoms with Crippen LogP contribution in [0.5, 0.6) is 5.75 Å². The molecule has 3 atom stereocenters. The van der Waals surface area contributed by atoms with E-state index < -0.39 is 59.9 Å². The molecular weight excluding hydrogens is 591 g/mol. The van der Waals surface area contributed by atoms with Gasteiger partial charge in [-0.2, -0.15) is 26.3 Å². The Bertz CT molecular complexity index is 1640. The molecule has 1 amide bonds. The van der Waals surface area contributed by atoms with Gasteiger partial charge in [0, 0.05) is 17.1 Å². The molecule has 2 aliphatic rings. The third-order valence-corrected chi connectivity index (χ3v) is 8.08. The maximum absolute atomic E-state index is 14.6. The van der Waals surface area contributed by atoms with Crippen LogP contribution in [0.25, 0.3) is 22.3 Å². The van der Waals surface area contributed by atoms with E-state index >= 15 is 0 Å². The summed E-state index contributed by atoms with van der Waals surface area (Å²) in [6.07, 6.45) is -12.3. The van der Waals surface area contributed by atoms with Gasteiger partial charge in [-0.3, -0.25) is 4.90 Å². The summed E-state index contributed by atoms with van der Waals surface area (Å²) in [7, 11) is 1.48. The molecule has 1 heterocycles. The van der Waals surface area contributed by atoms with E-state index in [1.165, 1.54) is 37.1 Å². The number of cyclic esters (lactones) is 1. The van der Waals surface area contributed by atoms with Crippen molar-refractivity contribution in [1.82, 2.24) is 4.90 Å². The van der Waals surface area contributed by atoms with Crippen molar-refractivity contribution >= 4 is 6.09 Å². The summed E-state index contributed by atoms with van der Waals surface area (Å²) in [6, 6.07) is 16.4. The maximum atomic E-state index is 14.6. The number of nitrogens with zero attached hydrogens (tertiary/aromatic N) is 1. The summed E-state index contributed by atoms with van der Waals surface area (Å²) < 4.78 is 107. The van der Waals surface area contributed by atoms with Crippen LogP contribution in [0, 0.1) is 18.7 Å². The highest BCUT2D eigenvalue weighted by Gasteiger charge is 2.48. The number of methoxy groups -OCH3 is 1. The van der Waals surface area contributed by atoms with Crippen LogP contribution in [0.3, 0.4) is 0 Å². The Labute approximate surface area is 249 Å². The van der Waals surface area contributed by atoms with Crippen LogP contribution in [-0.2, 0) is 11.3 Å². The largest absolute Gasteiger partial charge is 0.496 e. The summed E-state index contributed by atoms with van der Waals surface area (Å²) in [6.45, 7) is 3.23. The van der Waals surface area contributed by atoms with Gasteiger partial charge in [0.1, 0.15) is 17.7 Å². The van der Waals surface area contributed by atoms with Crippen LogP contribution in [-0.4, -0.2) is 42.6 Å². The second-order valence-corrected chi connectivity index (χ2v) is 10.9. The molecular formula is C33H28F7NO3.